The first-order chi connectivity index (χ1) is 8.20. The zero-order valence-electron chi connectivity index (χ0n) is 10.9. The summed E-state index contributed by atoms with van der Waals surface area (Å²) in [5.41, 5.74) is 8.30. The summed E-state index contributed by atoms with van der Waals surface area (Å²) in [6, 6.07) is 8.21. The standard InChI is InChI=1S/C14H24N2O/c1-3-4-9-16(10-11-17)14-8-6-5-7-13(14)12(2)15/h5-8,12,17H,3-4,9-11,15H2,1-2H3. The molecule has 0 aromatic heterocycles. The predicted molar refractivity (Wildman–Crippen MR) is 73.3 cm³/mol. The maximum atomic E-state index is 9.15. The topological polar surface area (TPSA) is 49.5 Å². The number of nitrogens with two attached hydrogens (primary N) is 1. The van der Waals surface area contributed by atoms with Gasteiger partial charge in [-0.15, -0.1) is 0 Å². The van der Waals surface area contributed by atoms with Crippen molar-refractivity contribution in [1.29, 1.82) is 0 Å². The molecule has 1 atom stereocenters. The van der Waals surface area contributed by atoms with Gasteiger partial charge in [0.05, 0.1) is 6.61 Å². The van der Waals surface area contributed by atoms with Crippen LogP contribution in [0.15, 0.2) is 24.3 Å². The van der Waals surface area contributed by atoms with Gasteiger partial charge in [0.1, 0.15) is 0 Å². The zero-order valence-corrected chi connectivity index (χ0v) is 10.9. The number of hydrogen-bond donors (Lipinski definition) is 2. The van der Waals surface area contributed by atoms with Crippen LogP contribution < -0.4 is 10.6 Å². The molecule has 0 aliphatic heterocycles. The van der Waals surface area contributed by atoms with Gasteiger partial charge >= 0.3 is 0 Å². The van der Waals surface area contributed by atoms with E-state index in [1.54, 1.807) is 0 Å². The summed E-state index contributed by atoms with van der Waals surface area (Å²) in [6.07, 6.45) is 2.29. The van der Waals surface area contributed by atoms with Crippen LogP contribution in [-0.2, 0) is 0 Å². The molecule has 0 radical (unpaired) electrons. The molecule has 1 rings (SSSR count). The normalized spacial score (nSPS) is 12.5. The van der Waals surface area contributed by atoms with Gasteiger partial charge in [-0.1, -0.05) is 31.5 Å². The third-order valence-electron chi connectivity index (χ3n) is 2.92. The average Bonchev–Trinajstić information content (AvgIpc) is 2.34. The number of hydrogen-bond acceptors (Lipinski definition) is 3. The van der Waals surface area contributed by atoms with Gasteiger partial charge in [-0.05, 0) is 25.0 Å². The summed E-state index contributed by atoms with van der Waals surface area (Å²) in [6.45, 7) is 5.99. The van der Waals surface area contributed by atoms with Crippen molar-refractivity contribution in [3.63, 3.8) is 0 Å². The molecule has 1 unspecified atom stereocenters. The maximum absolute atomic E-state index is 9.15. The fraction of sp³-hybridized carbons (Fsp3) is 0.571. The quantitative estimate of drug-likeness (QED) is 0.763. The van der Waals surface area contributed by atoms with Crippen LogP contribution in [0.4, 0.5) is 5.69 Å². The van der Waals surface area contributed by atoms with Crippen LogP contribution in [0.25, 0.3) is 0 Å². The van der Waals surface area contributed by atoms with E-state index in [1.165, 1.54) is 0 Å². The Kier molecular flexibility index (Phi) is 6.01. The number of unbranched alkanes of at least 4 members (excludes halogenated alkanes) is 1. The Morgan fingerprint density at radius 1 is 1.29 bits per heavy atom. The van der Waals surface area contributed by atoms with E-state index >= 15 is 0 Å². The highest BCUT2D eigenvalue weighted by molar-refractivity contribution is 5.54. The van der Waals surface area contributed by atoms with Gasteiger partial charge < -0.3 is 15.7 Å². The van der Waals surface area contributed by atoms with Gasteiger partial charge in [-0.25, -0.2) is 0 Å². The minimum absolute atomic E-state index is 0.0222. The van der Waals surface area contributed by atoms with Gasteiger partial charge in [-0.3, -0.25) is 0 Å². The number of benzene rings is 1. The minimum Gasteiger partial charge on any atom is -0.395 e. The second-order valence-electron chi connectivity index (χ2n) is 4.41. The first-order valence-electron chi connectivity index (χ1n) is 6.41. The molecule has 0 fully saturated rings. The lowest BCUT2D eigenvalue weighted by Crippen LogP contribution is -2.29. The van der Waals surface area contributed by atoms with Crippen molar-refractivity contribution in [2.45, 2.75) is 32.7 Å². The third-order valence-corrected chi connectivity index (χ3v) is 2.92. The Bertz CT molecular complexity index is 326. The molecular formula is C14H24N2O. The first kappa shape index (κ1) is 14.0. The van der Waals surface area contributed by atoms with Crippen molar-refractivity contribution in [2.75, 3.05) is 24.6 Å². The molecule has 17 heavy (non-hydrogen) atoms. The molecule has 0 amide bonds. The van der Waals surface area contributed by atoms with E-state index in [1.807, 2.05) is 19.1 Å². The second kappa shape index (κ2) is 7.30. The molecule has 0 heterocycles. The first-order valence-corrected chi connectivity index (χ1v) is 6.41. The summed E-state index contributed by atoms with van der Waals surface area (Å²) < 4.78 is 0. The minimum atomic E-state index is 0.0222. The van der Waals surface area contributed by atoms with Crippen LogP contribution in [-0.4, -0.2) is 24.8 Å². The van der Waals surface area contributed by atoms with Crippen LogP contribution in [0.2, 0.25) is 0 Å². The molecule has 0 aliphatic rings. The summed E-state index contributed by atoms with van der Waals surface area (Å²) >= 11 is 0. The summed E-state index contributed by atoms with van der Waals surface area (Å²) in [5.74, 6) is 0. The number of rotatable bonds is 7. The molecule has 0 spiro atoms. The van der Waals surface area contributed by atoms with Gasteiger partial charge in [0, 0.05) is 24.8 Å². The van der Waals surface area contributed by atoms with Crippen LogP contribution in [0, 0.1) is 0 Å². The van der Waals surface area contributed by atoms with Crippen molar-refractivity contribution >= 4 is 5.69 Å². The Labute approximate surface area is 104 Å². The number of para-hydroxylation sites is 1. The van der Waals surface area contributed by atoms with E-state index in [9.17, 15) is 0 Å². The number of nitrogens with zero attached hydrogens (tertiary/aromatic N) is 1. The van der Waals surface area contributed by atoms with Crippen LogP contribution in [0.1, 0.15) is 38.3 Å². The zero-order chi connectivity index (χ0) is 12.7. The van der Waals surface area contributed by atoms with Crippen molar-refractivity contribution in [2.24, 2.45) is 5.73 Å². The molecule has 0 aliphatic carbocycles. The summed E-state index contributed by atoms with van der Waals surface area (Å²) in [4.78, 5) is 2.22. The molecule has 3 N–H and O–H groups in total. The van der Waals surface area contributed by atoms with Crippen LogP contribution >= 0.6 is 0 Å². The maximum Gasteiger partial charge on any atom is 0.0606 e. The lowest BCUT2D eigenvalue weighted by Gasteiger charge is -2.27. The van der Waals surface area contributed by atoms with Gasteiger partial charge in [0.15, 0.2) is 0 Å². The second-order valence-corrected chi connectivity index (χ2v) is 4.41. The molecule has 0 saturated heterocycles. The lowest BCUT2D eigenvalue weighted by molar-refractivity contribution is 0.301. The van der Waals surface area contributed by atoms with Crippen LogP contribution in [0.5, 0.6) is 0 Å². The monoisotopic (exact) mass is 236 g/mol. The van der Waals surface area contributed by atoms with Crippen molar-refractivity contribution in [3.05, 3.63) is 29.8 Å². The molecular weight excluding hydrogens is 212 g/mol. The van der Waals surface area contributed by atoms with E-state index in [2.05, 4.69) is 24.0 Å². The molecule has 96 valence electrons. The number of aliphatic hydroxyl groups is 1. The molecule has 1 aromatic carbocycles. The molecule has 1 aromatic rings. The number of anilines is 1. The van der Waals surface area contributed by atoms with Crippen molar-refractivity contribution < 1.29 is 5.11 Å². The van der Waals surface area contributed by atoms with E-state index < -0.39 is 0 Å². The number of aliphatic hydroxyl groups excluding tert-OH is 1. The predicted octanol–water partition coefficient (Wildman–Crippen LogP) is 2.31. The fourth-order valence-corrected chi connectivity index (χ4v) is 1.98. The molecule has 0 saturated carbocycles. The van der Waals surface area contributed by atoms with E-state index in [0.717, 1.165) is 30.6 Å². The Balaban J connectivity index is 2.91. The largest absolute Gasteiger partial charge is 0.395 e. The molecule has 0 bridgehead atoms. The Morgan fingerprint density at radius 3 is 2.59 bits per heavy atom. The lowest BCUT2D eigenvalue weighted by atomic mass is 10.1. The SMILES string of the molecule is CCCCN(CCO)c1ccccc1C(C)N. The highest BCUT2D eigenvalue weighted by atomic mass is 16.3. The fourth-order valence-electron chi connectivity index (χ4n) is 1.98. The van der Waals surface area contributed by atoms with Gasteiger partial charge in [0.25, 0.3) is 0 Å². The van der Waals surface area contributed by atoms with Crippen molar-refractivity contribution in [1.82, 2.24) is 0 Å². The van der Waals surface area contributed by atoms with E-state index in [4.69, 9.17) is 10.8 Å². The van der Waals surface area contributed by atoms with E-state index in [0.29, 0.717) is 6.54 Å². The summed E-state index contributed by atoms with van der Waals surface area (Å²) in [7, 11) is 0. The Morgan fingerprint density at radius 2 is 2.00 bits per heavy atom. The molecule has 3 nitrogen and oxygen atoms in total. The summed E-state index contributed by atoms with van der Waals surface area (Å²) in [5, 5.41) is 9.15. The highest BCUT2D eigenvalue weighted by Crippen LogP contribution is 2.25. The highest BCUT2D eigenvalue weighted by Gasteiger charge is 2.12. The van der Waals surface area contributed by atoms with Gasteiger partial charge in [0.2, 0.25) is 0 Å². The Hall–Kier alpha value is -1.06. The van der Waals surface area contributed by atoms with E-state index in [-0.39, 0.29) is 12.6 Å². The van der Waals surface area contributed by atoms with Gasteiger partial charge in [-0.2, -0.15) is 0 Å². The van der Waals surface area contributed by atoms with Crippen molar-refractivity contribution in [3.8, 4) is 0 Å². The average molecular weight is 236 g/mol. The van der Waals surface area contributed by atoms with Crippen LogP contribution in [0.3, 0.4) is 0 Å². The smallest absolute Gasteiger partial charge is 0.0606 e. The third kappa shape index (κ3) is 4.02. The molecule has 3 heteroatoms.